The van der Waals surface area contributed by atoms with Gasteiger partial charge in [-0.25, -0.2) is 0 Å². The second-order valence-electron chi connectivity index (χ2n) is 6.20. The molecule has 1 aromatic heterocycles. The van der Waals surface area contributed by atoms with E-state index in [1.54, 1.807) is 36.4 Å². The topological polar surface area (TPSA) is 65.8 Å². The smallest absolute Gasteiger partial charge is 0.244 e. The molecule has 1 heterocycles. The molecule has 0 radical (unpaired) electrons. The molecular formula is C20H25N3O3. The van der Waals surface area contributed by atoms with Gasteiger partial charge in [-0.15, -0.1) is 0 Å². The number of anilines is 1. The molecule has 138 valence electrons. The molecule has 2 aromatic rings. The van der Waals surface area contributed by atoms with Crippen LogP contribution in [-0.2, 0) is 16.1 Å². The average Bonchev–Trinajstić information content (AvgIpc) is 3.14. The third-order valence-electron chi connectivity index (χ3n) is 3.88. The molecule has 0 spiro atoms. The van der Waals surface area contributed by atoms with Gasteiger partial charge < -0.3 is 19.5 Å². The highest BCUT2D eigenvalue weighted by Crippen LogP contribution is 2.13. The zero-order chi connectivity index (χ0) is 18.9. The van der Waals surface area contributed by atoms with Crippen molar-refractivity contribution in [1.29, 1.82) is 0 Å². The van der Waals surface area contributed by atoms with Crippen molar-refractivity contribution in [2.24, 2.45) is 0 Å². The first-order chi connectivity index (χ1) is 12.5. The highest BCUT2D eigenvalue weighted by Gasteiger charge is 2.09. The van der Waals surface area contributed by atoms with Gasteiger partial charge in [-0.1, -0.05) is 12.1 Å². The third kappa shape index (κ3) is 6.12. The highest BCUT2D eigenvalue weighted by atomic mass is 16.3. The van der Waals surface area contributed by atoms with Crippen molar-refractivity contribution in [1.82, 2.24) is 10.2 Å². The molecule has 0 aliphatic carbocycles. The van der Waals surface area contributed by atoms with Crippen molar-refractivity contribution in [3.8, 4) is 0 Å². The molecule has 6 nitrogen and oxygen atoms in total. The SMILES string of the molecule is CN(Cc1ccc(N(C)C)cc1)C(=O)CCNC(=O)/C=C/c1ccco1. The maximum absolute atomic E-state index is 12.2. The molecule has 0 aliphatic heterocycles. The summed E-state index contributed by atoms with van der Waals surface area (Å²) in [5.41, 5.74) is 2.19. The second-order valence-corrected chi connectivity index (χ2v) is 6.20. The minimum absolute atomic E-state index is 0.0167. The van der Waals surface area contributed by atoms with Crippen LogP contribution in [0, 0.1) is 0 Å². The Kier molecular flexibility index (Phi) is 7.02. The lowest BCUT2D eigenvalue weighted by Gasteiger charge is -2.18. The highest BCUT2D eigenvalue weighted by molar-refractivity contribution is 5.91. The summed E-state index contributed by atoms with van der Waals surface area (Å²) in [4.78, 5) is 27.6. The number of carbonyl (C=O) groups excluding carboxylic acids is 2. The van der Waals surface area contributed by atoms with Crippen LogP contribution in [0.25, 0.3) is 6.08 Å². The van der Waals surface area contributed by atoms with E-state index in [0.717, 1.165) is 11.3 Å². The first-order valence-electron chi connectivity index (χ1n) is 8.45. The van der Waals surface area contributed by atoms with Gasteiger partial charge in [0.1, 0.15) is 5.76 Å². The van der Waals surface area contributed by atoms with Gasteiger partial charge in [-0.05, 0) is 35.9 Å². The van der Waals surface area contributed by atoms with Crippen LogP contribution >= 0.6 is 0 Å². The van der Waals surface area contributed by atoms with E-state index in [0.29, 0.717) is 18.8 Å². The normalized spacial score (nSPS) is 10.7. The Balaban J connectivity index is 1.72. The monoisotopic (exact) mass is 355 g/mol. The molecule has 2 rings (SSSR count). The lowest BCUT2D eigenvalue weighted by Crippen LogP contribution is -2.31. The Bertz CT molecular complexity index is 734. The zero-order valence-corrected chi connectivity index (χ0v) is 15.4. The van der Waals surface area contributed by atoms with Crippen molar-refractivity contribution in [3.63, 3.8) is 0 Å². The molecule has 26 heavy (non-hydrogen) atoms. The van der Waals surface area contributed by atoms with Crippen LogP contribution in [0.4, 0.5) is 5.69 Å². The van der Waals surface area contributed by atoms with Gasteiger partial charge in [0.05, 0.1) is 6.26 Å². The van der Waals surface area contributed by atoms with Gasteiger partial charge in [0.25, 0.3) is 0 Å². The molecule has 1 aromatic carbocycles. The molecule has 0 atom stereocenters. The molecule has 0 saturated carbocycles. The van der Waals surface area contributed by atoms with Crippen molar-refractivity contribution in [2.45, 2.75) is 13.0 Å². The van der Waals surface area contributed by atoms with Gasteiger partial charge in [-0.2, -0.15) is 0 Å². The van der Waals surface area contributed by atoms with Crippen LogP contribution in [-0.4, -0.2) is 44.4 Å². The summed E-state index contributed by atoms with van der Waals surface area (Å²) in [5.74, 6) is 0.337. The van der Waals surface area contributed by atoms with E-state index in [1.165, 1.54) is 6.08 Å². The first kappa shape index (κ1) is 19.3. The number of furan rings is 1. The van der Waals surface area contributed by atoms with E-state index in [1.807, 2.05) is 43.3 Å². The third-order valence-corrected chi connectivity index (χ3v) is 3.88. The molecule has 6 heteroatoms. The predicted molar refractivity (Wildman–Crippen MR) is 103 cm³/mol. The molecule has 0 fully saturated rings. The predicted octanol–water partition coefficient (Wildman–Crippen LogP) is 2.52. The maximum Gasteiger partial charge on any atom is 0.244 e. The Morgan fingerprint density at radius 1 is 1.12 bits per heavy atom. The van der Waals surface area contributed by atoms with E-state index in [-0.39, 0.29) is 18.2 Å². The summed E-state index contributed by atoms with van der Waals surface area (Å²) in [6.45, 7) is 0.836. The van der Waals surface area contributed by atoms with Gasteiger partial charge in [-0.3, -0.25) is 9.59 Å². The fourth-order valence-corrected chi connectivity index (χ4v) is 2.35. The second kappa shape index (κ2) is 9.46. The fourth-order valence-electron chi connectivity index (χ4n) is 2.35. The Labute approximate surface area is 154 Å². The number of nitrogens with zero attached hydrogens (tertiary/aromatic N) is 2. The Morgan fingerprint density at radius 3 is 2.46 bits per heavy atom. The van der Waals surface area contributed by atoms with Crippen LogP contribution in [0.15, 0.2) is 53.2 Å². The van der Waals surface area contributed by atoms with Crippen LogP contribution in [0.3, 0.4) is 0 Å². The molecule has 0 bridgehead atoms. The van der Waals surface area contributed by atoms with Gasteiger partial charge in [0.2, 0.25) is 11.8 Å². The quantitative estimate of drug-likeness (QED) is 0.739. The molecule has 0 unspecified atom stereocenters. The molecular weight excluding hydrogens is 330 g/mol. The summed E-state index contributed by atoms with van der Waals surface area (Å²) < 4.78 is 5.10. The van der Waals surface area contributed by atoms with Crippen molar-refractivity contribution in [3.05, 3.63) is 60.1 Å². The lowest BCUT2D eigenvalue weighted by atomic mass is 10.2. The van der Waals surface area contributed by atoms with E-state index in [2.05, 4.69) is 5.32 Å². The standard InChI is InChI=1S/C20H25N3O3/c1-22(2)17-8-6-16(7-9-17)15-23(3)20(25)12-13-21-19(24)11-10-18-5-4-14-26-18/h4-11,14H,12-13,15H2,1-3H3,(H,21,24)/b11-10+. The summed E-state index contributed by atoms with van der Waals surface area (Å²) in [6.07, 6.45) is 4.77. The summed E-state index contributed by atoms with van der Waals surface area (Å²) >= 11 is 0. The summed E-state index contributed by atoms with van der Waals surface area (Å²) in [5, 5.41) is 2.69. The number of hydrogen-bond acceptors (Lipinski definition) is 4. The number of hydrogen-bond donors (Lipinski definition) is 1. The Hall–Kier alpha value is -3.02. The number of amides is 2. The van der Waals surface area contributed by atoms with Crippen molar-refractivity contribution < 1.29 is 14.0 Å². The lowest BCUT2D eigenvalue weighted by molar-refractivity contribution is -0.130. The molecule has 1 N–H and O–H groups in total. The van der Waals surface area contributed by atoms with E-state index < -0.39 is 0 Å². The molecule has 2 amide bonds. The number of rotatable bonds is 8. The largest absolute Gasteiger partial charge is 0.465 e. The van der Waals surface area contributed by atoms with Crippen LogP contribution < -0.4 is 10.2 Å². The van der Waals surface area contributed by atoms with Crippen LogP contribution in [0.5, 0.6) is 0 Å². The van der Waals surface area contributed by atoms with Gasteiger partial charge >= 0.3 is 0 Å². The number of nitrogens with one attached hydrogen (secondary N) is 1. The summed E-state index contributed by atoms with van der Waals surface area (Å²) in [6, 6.07) is 11.6. The Morgan fingerprint density at radius 2 is 1.85 bits per heavy atom. The maximum atomic E-state index is 12.2. The minimum Gasteiger partial charge on any atom is -0.465 e. The number of carbonyl (C=O) groups is 2. The van der Waals surface area contributed by atoms with Crippen molar-refractivity contribution >= 4 is 23.6 Å². The zero-order valence-electron chi connectivity index (χ0n) is 15.4. The minimum atomic E-state index is -0.254. The first-order valence-corrected chi connectivity index (χ1v) is 8.45. The van der Waals surface area contributed by atoms with Gasteiger partial charge in [0, 0.05) is 52.4 Å². The van der Waals surface area contributed by atoms with Crippen molar-refractivity contribution in [2.75, 3.05) is 32.6 Å². The average molecular weight is 355 g/mol. The number of benzene rings is 1. The summed E-state index contributed by atoms with van der Waals surface area (Å²) in [7, 11) is 5.74. The molecule has 0 aliphatic rings. The molecule has 0 saturated heterocycles. The van der Waals surface area contributed by atoms with Gasteiger partial charge in [0.15, 0.2) is 0 Å². The van der Waals surface area contributed by atoms with Crippen LogP contribution in [0.1, 0.15) is 17.7 Å². The van der Waals surface area contributed by atoms with Crippen LogP contribution in [0.2, 0.25) is 0 Å². The van der Waals surface area contributed by atoms with E-state index in [4.69, 9.17) is 4.42 Å². The fraction of sp³-hybridized carbons (Fsp3) is 0.300. The van der Waals surface area contributed by atoms with E-state index >= 15 is 0 Å². The van der Waals surface area contributed by atoms with E-state index in [9.17, 15) is 9.59 Å².